The Bertz CT molecular complexity index is 586. The van der Waals surface area contributed by atoms with Crippen LogP contribution in [0.4, 0.5) is 0 Å². The number of carbonyl (C=O) groups excluding carboxylic acids is 1. The molecular weight excluding hydrogens is 502 g/mol. The summed E-state index contributed by atoms with van der Waals surface area (Å²) in [6, 6.07) is 0. The van der Waals surface area contributed by atoms with Crippen LogP contribution in [0, 0.1) is 5.41 Å². The number of hydrogen-bond acceptors (Lipinski definition) is 6. The molecule has 0 bridgehead atoms. The molecule has 1 amide bonds. The number of hydrogen-bond donors (Lipinski definition) is 1. The van der Waals surface area contributed by atoms with Crippen LogP contribution >= 0.6 is 21.6 Å². The Morgan fingerprint density at radius 2 is 1.57 bits per heavy atom. The Balaban J connectivity index is 2.08. The van der Waals surface area contributed by atoms with Gasteiger partial charge in [-0.15, -0.1) is 0 Å². The molecule has 0 aromatic rings. The number of nitrogens with one attached hydrogen (secondary N) is 1. The minimum Gasteiger partial charge on any atom is -0.376 e. The molecule has 2 atom stereocenters. The van der Waals surface area contributed by atoms with Gasteiger partial charge in [0.05, 0.1) is 19.3 Å². The average Bonchev–Trinajstić information content (AvgIpc) is 3.26. The molecule has 37 heavy (non-hydrogen) atoms. The predicted molar refractivity (Wildman–Crippen MR) is 163 cm³/mol. The van der Waals surface area contributed by atoms with E-state index in [2.05, 4.69) is 39.9 Å². The maximum Gasteiger partial charge on any atom is 0.220 e. The van der Waals surface area contributed by atoms with Crippen molar-refractivity contribution in [3.8, 4) is 0 Å². The molecule has 1 fully saturated rings. The molecule has 1 saturated heterocycles. The van der Waals surface area contributed by atoms with Crippen LogP contribution in [-0.4, -0.2) is 61.1 Å². The zero-order chi connectivity index (χ0) is 27.6. The van der Waals surface area contributed by atoms with Crippen LogP contribution in [0.2, 0.25) is 0 Å². The summed E-state index contributed by atoms with van der Waals surface area (Å²) in [7, 11) is 3.79. The molecule has 0 spiro atoms. The fourth-order valence-corrected chi connectivity index (χ4v) is 7.42. The molecule has 7 heteroatoms. The Labute approximate surface area is 237 Å². The normalized spacial score (nSPS) is 18.6. The summed E-state index contributed by atoms with van der Waals surface area (Å²) < 4.78 is 17.4. The van der Waals surface area contributed by atoms with Crippen LogP contribution in [0.3, 0.4) is 0 Å². The number of carbonyl (C=O) groups is 1. The molecule has 0 saturated carbocycles. The molecule has 1 N–H and O–H groups in total. The van der Waals surface area contributed by atoms with Crippen LogP contribution in [0.5, 0.6) is 0 Å². The quantitative estimate of drug-likeness (QED) is 0.100. The van der Waals surface area contributed by atoms with Crippen LogP contribution in [0.15, 0.2) is 0 Å². The van der Waals surface area contributed by atoms with Crippen molar-refractivity contribution in [3.63, 3.8) is 0 Å². The number of unbranched alkanes of at least 4 members (excludes halogenated alkanes) is 8. The molecule has 2 unspecified atom stereocenters. The van der Waals surface area contributed by atoms with E-state index in [9.17, 15) is 4.79 Å². The molecule has 5 nitrogen and oxygen atoms in total. The van der Waals surface area contributed by atoms with Crippen LogP contribution in [-0.2, 0) is 19.0 Å². The summed E-state index contributed by atoms with van der Waals surface area (Å²) in [5, 5.41) is 3.03. The highest BCUT2D eigenvalue weighted by molar-refractivity contribution is 8.77. The predicted octanol–water partition coefficient (Wildman–Crippen LogP) is 8.20. The van der Waals surface area contributed by atoms with Gasteiger partial charge >= 0.3 is 0 Å². The SMILES string of the molecule is CCCCCCCCCCCC(C)(C)C(C)(C)SSCCC(=O)NCCCOC1COCC1OC(C)C. The highest BCUT2D eigenvalue weighted by Crippen LogP contribution is 2.49. The van der Waals surface area contributed by atoms with Crippen molar-refractivity contribution in [2.75, 3.05) is 32.1 Å². The van der Waals surface area contributed by atoms with Gasteiger partial charge in [0.15, 0.2) is 0 Å². The lowest BCUT2D eigenvalue weighted by molar-refractivity contribution is -0.120. The van der Waals surface area contributed by atoms with Crippen molar-refractivity contribution in [3.05, 3.63) is 0 Å². The Morgan fingerprint density at radius 1 is 0.946 bits per heavy atom. The smallest absolute Gasteiger partial charge is 0.220 e. The second-order valence-corrected chi connectivity index (χ2v) is 15.0. The van der Waals surface area contributed by atoms with Gasteiger partial charge in [0.1, 0.15) is 12.2 Å². The first kappa shape index (κ1) is 35.1. The van der Waals surface area contributed by atoms with Crippen molar-refractivity contribution in [1.82, 2.24) is 5.32 Å². The van der Waals surface area contributed by atoms with Gasteiger partial charge in [-0.05, 0) is 46.0 Å². The van der Waals surface area contributed by atoms with E-state index in [4.69, 9.17) is 14.2 Å². The van der Waals surface area contributed by atoms with Crippen molar-refractivity contribution >= 4 is 27.5 Å². The van der Waals surface area contributed by atoms with Crippen molar-refractivity contribution in [2.45, 2.75) is 149 Å². The molecule has 0 radical (unpaired) electrons. The first-order chi connectivity index (χ1) is 17.6. The first-order valence-corrected chi connectivity index (χ1v) is 17.3. The molecule has 0 aromatic heterocycles. The molecule has 1 aliphatic heterocycles. The first-order valence-electron chi connectivity index (χ1n) is 15.0. The second-order valence-electron chi connectivity index (χ2n) is 12.0. The van der Waals surface area contributed by atoms with Crippen molar-refractivity contribution < 1.29 is 19.0 Å². The maximum atomic E-state index is 12.2. The van der Waals surface area contributed by atoms with Crippen LogP contribution in [0.1, 0.15) is 126 Å². The molecule has 1 aliphatic rings. The Hall–Kier alpha value is 0.0500. The zero-order valence-electron chi connectivity index (χ0n) is 25.2. The van der Waals surface area contributed by atoms with E-state index in [0.717, 1.165) is 12.2 Å². The Morgan fingerprint density at radius 3 is 2.22 bits per heavy atom. The number of amides is 1. The van der Waals surface area contributed by atoms with Gasteiger partial charge in [-0.25, -0.2) is 0 Å². The van der Waals surface area contributed by atoms with E-state index in [1.807, 2.05) is 35.4 Å². The fourth-order valence-electron chi connectivity index (χ4n) is 4.38. The topological polar surface area (TPSA) is 56.8 Å². The van der Waals surface area contributed by atoms with Gasteiger partial charge in [0.2, 0.25) is 5.91 Å². The summed E-state index contributed by atoms with van der Waals surface area (Å²) >= 11 is 0. The van der Waals surface area contributed by atoms with E-state index in [-0.39, 0.29) is 34.4 Å². The van der Waals surface area contributed by atoms with E-state index in [0.29, 0.717) is 32.8 Å². The monoisotopic (exact) mass is 561 g/mol. The van der Waals surface area contributed by atoms with Gasteiger partial charge in [-0.3, -0.25) is 4.79 Å². The van der Waals surface area contributed by atoms with Crippen molar-refractivity contribution in [2.24, 2.45) is 5.41 Å². The van der Waals surface area contributed by atoms with E-state index in [1.54, 1.807) is 0 Å². The summed E-state index contributed by atoms with van der Waals surface area (Å²) in [6.07, 6.45) is 15.2. The van der Waals surface area contributed by atoms with Crippen LogP contribution in [0.25, 0.3) is 0 Å². The maximum absolute atomic E-state index is 12.2. The summed E-state index contributed by atoms with van der Waals surface area (Å²) in [5.41, 5.74) is 0.275. The van der Waals surface area contributed by atoms with Gasteiger partial charge in [-0.1, -0.05) is 100 Å². The second kappa shape index (κ2) is 20.0. The van der Waals surface area contributed by atoms with E-state index >= 15 is 0 Å². The standard InChI is InChI=1S/C30H59NO4S2/c1-8-9-10-11-12-13-14-15-16-19-29(4,5)30(6,7)37-36-22-18-28(32)31-20-17-21-34-26-23-33-24-27(26)35-25(2)3/h25-27H,8-24H2,1-7H3,(H,31,32). The lowest BCUT2D eigenvalue weighted by Crippen LogP contribution is -2.35. The minimum atomic E-state index is -0.000508. The molecule has 0 aliphatic carbocycles. The van der Waals surface area contributed by atoms with Gasteiger partial charge in [0, 0.05) is 30.1 Å². The number of rotatable bonds is 23. The fraction of sp³-hybridized carbons (Fsp3) is 0.967. The third-order valence-corrected chi connectivity index (χ3v) is 11.2. The molecule has 0 aromatic carbocycles. The molecular formula is C30H59NO4S2. The van der Waals surface area contributed by atoms with Gasteiger partial charge in [0.25, 0.3) is 0 Å². The summed E-state index contributed by atoms with van der Waals surface area (Å²) in [6.45, 7) is 18.3. The summed E-state index contributed by atoms with van der Waals surface area (Å²) in [4.78, 5) is 12.2. The van der Waals surface area contributed by atoms with Gasteiger partial charge < -0.3 is 19.5 Å². The molecule has 1 heterocycles. The zero-order valence-corrected chi connectivity index (χ0v) is 26.8. The molecule has 220 valence electrons. The molecule has 1 rings (SSSR count). The third kappa shape index (κ3) is 16.0. The number of ether oxygens (including phenoxy) is 3. The average molecular weight is 562 g/mol. The van der Waals surface area contributed by atoms with Crippen molar-refractivity contribution in [1.29, 1.82) is 0 Å². The third-order valence-electron chi connectivity index (χ3n) is 7.62. The van der Waals surface area contributed by atoms with E-state index < -0.39 is 0 Å². The van der Waals surface area contributed by atoms with Crippen LogP contribution < -0.4 is 5.32 Å². The largest absolute Gasteiger partial charge is 0.376 e. The van der Waals surface area contributed by atoms with E-state index in [1.165, 1.54) is 64.2 Å². The minimum absolute atomic E-state index is 0.000508. The highest BCUT2D eigenvalue weighted by atomic mass is 33.1. The highest BCUT2D eigenvalue weighted by Gasteiger charge is 2.37. The summed E-state index contributed by atoms with van der Waals surface area (Å²) in [5.74, 6) is 0.975. The lowest BCUT2D eigenvalue weighted by Gasteiger charge is -2.41. The lowest BCUT2D eigenvalue weighted by atomic mass is 9.76. The van der Waals surface area contributed by atoms with Gasteiger partial charge in [-0.2, -0.15) is 0 Å². The Kier molecular flexibility index (Phi) is 19.0.